The number of hydrogen-bond acceptors (Lipinski definition) is 27. The third-order valence-electron chi connectivity index (χ3n) is 14.3. The molecule has 5 rings (SSSR count). The summed E-state index contributed by atoms with van der Waals surface area (Å²) in [5, 5.41) is 130. The zero-order chi connectivity index (χ0) is 59.0. The molecule has 0 aromatic rings. The van der Waals surface area contributed by atoms with Gasteiger partial charge in [-0.25, -0.2) is 9.59 Å². The number of allylic oxidation sites excluding steroid dienone is 2. The molecule has 25 unspecified atom stereocenters. The molecule has 27 heteroatoms. The summed E-state index contributed by atoms with van der Waals surface area (Å²) in [6, 6.07) is 0. The van der Waals surface area contributed by atoms with Crippen LogP contribution >= 0.6 is 0 Å². The van der Waals surface area contributed by atoms with Crippen LogP contribution in [0, 0.1) is 5.92 Å². The molecular weight excluding hydrogens is 1060 g/mol. The van der Waals surface area contributed by atoms with Gasteiger partial charge in [-0.2, -0.15) is 0 Å². The van der Waals surface area contributed by atoms with Gasteiger partial charge in [0.25, 0.3) is 0 Å². The summed E-state index contributed by atoms with van der Waals surface area (Å²) >= 11 is 0. The summed E-state index contributed by atoms with van der Waals surface area (Å²) in [6.45, 7) is 17.0. The number of rotatable bonds is 23. The first-order valence-corrected chi connectivity index (χ1v) is 26.2. The molecule has 5 fully saturated rings. The summed E-state index contributed by atoms with van der Waals surface area (Å²) in [7, 11) is 0. The molecule has 5 saturated heterocycles. The number of ether oxygens (including phenoxy) is 12. The molecule has 0 aromatic heterocycles. The Kier molecular flexibility index (Phi) is 24.1. The molecule has 79 heavy (non-hydrogen) atoms. The number of hydrogen-bond donors (Lipinski definition) is 12. The van der Waals surface area contributed by atoms with Crippen molar-refractivity contribution in [2.24, 2.45) is 5.92 Å². The number of aliphatic hydroxyl groups excluding tert-OH is 10. The van der Waals surface area contributed by atoms with Crippen LogP contribution in [-0.2, 0) is 71.2 Å². The zero-order valence-corrected chi connectivity index (χ0v) is 45.5. The number of carbonyl (C=O) groups excluding carboxylic acids is 3. The Balaban J connectivity index is 1.40. The first kappa shape index (κ1) is 66.3. The minimum Gasteiger partial charge on any atom is -0.453 e. The molecule has 0 amide bonds. The van der Waals surface area contributed by atoms with Crippen LogP contribution in [0.25, 0.3) is 0 Å². The molecule has 12 N–H and O–H groups in total. The monoisotopic (exact) mass is 1140 g/mol. The minimum atomic E-state index is -2.10. The fourth-order valence-electron chi connectivity index (χ4n) is 8.80. The molecule has 0 aliphatic carbocycles. The molecule has 0 spiro atoms. The van der Waals surface area contributed by atoms with Gasteiger partial charge in [0.15, 0.2) is 43.5 Å². The van der Waals surface area contributed by atoms with Crippen molar-refractivity contribution in [3.63, 3.8) is 0 Å². The van der Waals surface area contributed by atoms with Gasteiger partial charge in [-0.05, 0) is 67.2 Å². The van der Waals surface area contributed by atoms with Crippen LogP contribution < -0.4 is 0 Å². The van der Waals surface area contributed by atoms with E-state index in [2.05, 4.69) is 13.2 Å². The van der Waals surface area contributed by atoms with E-state index in [4.69, 9.17) is 56.8 Å². The molecule has 0 radical (unpaired) electrons. The van der Waals surface area contributed by atoms with Crippen LogP contribution in [0.1, 0.15) is 81.1 Å². The number of carbonyl (C=O) groups is 3. The van der Waals surface area contributed by atoms with Gasteiger partial charge in [0.1, 0.15) is 79.4 Å². The molecule has 452 valence electrons. The maximum atomic E-state index is 13.9. The van der Waals surface area contributed by atoms with Gasteiger partial charge in [0.2, 0.25) is 6.29 Å². The highest BCUT2D eigenvalue weighted by Gasteiger charge is 2.56. The van der Waals surface area contributed by atoms with Crippen LogP contribution in [0.3, 0.4) is 0 Å². The van der Waals surface area contributed by atoms with Crippen molar-refractivity contribution in [1.82, 2.24) is 0 Å². The first-order chi connectivity index (χ1) is 36.9. The molecule has 5 aliphatic rings. The van der Waals surface area contributed by atoms with Crippen molar-refractivity contribution < 1.29 is 133 Å². The Hall–Kier alpha value is -3.47. The van der Waals surface area contributed by atoms with Crippen LogP contribution in [0.15, 0.2) is 48.6 Å². The predicted octanol–water partition coefficient (Wildman–Crippen LogP) is -2.96. The minimum absolute atomic E-state index is 0.0258. The quantitative estimate of drug-likeness (QED) is 0.0211. The second-order valence-electron chi connectivity index (χ2n) is 21.4. The Labute approximate surface area is 457 Å². The molecule has 25 atom stereocenters. The molecule has 27 nitrogen and oxygen atoms in total. The van der Waals surface area contributed by atoms with Crippen molar-refractivity contribution in [2.45, 2.75) is 234 Å². The number of esters is 3. The van der Waals surface area contributed by atoms with Gasteiger partial charge in [-0.1, -0.05) is 38.2 Å². The van der Waals surface area contributed by atoms with E-state index >= 15 is 0 Å². The summed E-state index contributed by atoms with van der Waals surface area (Å²) in [5.41, 5.74) is -2.48. The Morgan fingerprint density at radius 1 is 0.544 bits per heavy atom. The van der Waals surface area contributed by atoms with E-state index in [1.54, 1.807) is 0 Å². The maximum Gasteiger partial charge on any atom is 0.333 e. The van der Waals surface area contributed by atoms with E-state index in [0.717, 1.165) is 0 Å². The van der Waals surface area contributed by atoms with Crippen LogP contribution in [0.5, 0.6) is 0 Å². The first-order valence-electron chi connectivity index (χ1n) is 26.2. The van der Waals surface area contributed by atoms with Gasteiger partial charge in [-0.3, -0.25) is 4.79 Å². The Morgan fingerprint density at radius 3 is 1.58 bits per heavy atom. The van der Waals surface area contributed by atoms with E-state index in [9.17, 15) is 75.7 Å². The van der Waals surface area contributed by atoms with E-state index in [-0.39, 0.29) is 36.8 Å². The summed E-state index contributed by atoms with van der Waals surface area (Å²) < 4.78 is 69.6. The van der Waals surface area contributed by atoms with E-state index in [1.807, 2.05) is 0 Å². The van der Waals surface area contributed by atoms with Gasteiger partial charge in [0, 0.05) is 11.1 Å². The van der Waals surface area contributed by atoms with Crippen LogP contribution in [-0.4, -0.2) is 252 Å². The highest BCUT2D eigenvalue weighted by atomic mass is 16.8. The highest BCUT2D eigenvalue weighted by molar-refractivity contribution is 5.88. The van der Waals surface area contributed by atoms with Crippen LogP contribution in [0.4, 0.5) is 0 Å². The Morgan fingerprint density at radius 2 is 1.03 bits per heavy atom. The lowest BCUT2D eigenvalue weighted by atomic mass is 9.96. The van der Waals surface area contributed by atoms with Gasteiger partial charge in [-0.15, -0.1) is 13.2 Å². The van der Waals surface area contributed by atoms with Crippen LogP contribution in [0.2, 0.25) is 0 Å². The van der Waals surface area contributed by atoms with Crippen molar-refractivity contribution in [3.05, 3.63) is 48.6 Å². The van der Waals surface area contributed by atoms with Crippen molar-refractivity contribution in [1.29, 1.82) is 0 Å². The van der Waals surface area contributed by atoms with Gasteiger partial charge < -0.3 is 118 Å². The average Bonchev–Trinajstić information content (AvgIpc) is 3.44. The predicted molar refractivity (Wildman–Crippen MR) is 266 cm³/mol. The fraction of sp³-hybridized carbons (Fsp3) is 0.788. The van der Waals surface area contributed by atoms with Crippen molar-refractivity contribution >= 4 is 17.9 Å². The maximum absolute atomic E-state index is 13.9. The van der Waals surface area contributed by atoms with E-state index in [0.29, 0.717) is 0 Å². The topological polar surface area (TPSA) is 405 Å². The standard InChI is InChI=1S/C52H82O27/c1-11-51(9,66)17-13-15-23(5)44(64)74-40-32(57)29(21-70-49-41(33(58)30(55)25(7)71-49)75-45(65)24(6)16-14-18-52(10,67)12-2)73-50(79-43(63)22(3)4)42(40)78-48-36(61)34(59)38(26(8)72-48)76-47-37(62)39(28(54)20-69-47)77-46-35(60)31(56)27(53)19-68-46/h11-12,15-16,22,25-42,46-50,53-62,66-67H,1-2,13-14,17-21H2,3-10H3/b23-15+,24-16+. The van der Waals surface area contributed by atoms with E-state index < -0.39 is 196 Å². The van der Waals surface area contributed by atoms with Gasteiger partial charge >= 0.3 is 17.9 Å². The number of aliphatic hydroxyl groups is 12. The summed E-state index contributed by atoms with van der Waals surface area (Å²) in [6.07, 6.45) is -33.1. The smallest absolute Gasteiger partial charge is 0.333 e. The van der Waals surface area contributed by atoms with E-state index in [1.165, 1.54) is 79.7 Å². The molecule has 0 aromatic carbocycles. The second kappa shape index (κ2) is 28.7. The Bertz CT molecular complexity index is 2080. The lowest BCUT2D eigenvalue weighted by molar-refractivity contribution is -0.381. The molecule has 5 heterocycles. The lowest BCUT2D eigenvalue weighted by Crippen LogP contribution is -2.66. The highest BCUT2D eigenvalue weighted by Crippen LogP contribution is 2.36. The summed E-state index contributed by atoms with van der Waals surface area (Å²) in [5.74, 6) is -3.74. The molecule has 0 saturated carbocycles. The molecule has 5 aliphatic heterocycles. The second-order valence-corrected chi connectivity index (χ2v) is 21.4. The van der Waals surface area contributed by atoms with Crippen molar-refractivity contribution in [3.8, 4) is 0 Å². The average molecular weight is 1140 g/mol. The SMILES string of the molecule is C=CC(C)(O)CC/C=C(\C)C(=O)OC1C(OCC2OC(OC(=O)C(C)C)C(OC3OC(C)C(OC4OCC(O)C(OC5OCC(O)C(O)C5O)C4O)C(O)C3O)C(OC(=O)/C(C)=C/CCC(C)(O)C=C)C2O)OC(C)C(O)C1O. The largest absolute Gasteiger partial charge is 0.453 e. The van der Waals surface area contributed by atoms with Gasteiger partial charge in [0.05, 0.1) is 49.1 Å². The lowest BCUT2D eigenvalue weighted by Gasteiger charge is -2.48. The zero-order valence-electron chi connectivity index (χ0n) is 45.5. The fourth-order valence-corrected chi connectivity index (χ4v) is 8.80. The third kappa shape index (κ3) is 17.1. The third-order valence-corrected chi connectivity index (χ3v) is 14.3. The molecule has 0 bridgehead atoms. The molecular formula is C52H82O27. The summed E-state index contributed by atoms with van der Waals surface area (Å²) in [4.78, 5) is 40.6. The van der Waals surface area contributed by atoms with Crippen molar-refractivity contribution in [2.75, 3.05) is 19.8 Å². The normalized spacial score (nSPS) is 41.1.